The van der Waals surface area contributed by atoms with Crippen LogP contribution >= 0.6 is 0 Å². The van der Waals surface area contributed by atoms with E-state index in [1.807, 2.05) is 24.3 Å². The summed E-state index contributed by atoms with van der Waals surface area (Å²) in [6.07, 6.45) is 7.81. The molecule has 0 atom stereocenters. The fourth-order valence-corrected chi connectivity index (χ4v) is 4.99. The maximum Gasteiger partial charge on any atom is 0.311 e. The van der Waals surface area contributed by atoms with Gasteiger partial charge < -0.3 is 14.2 Å². The summed E-state index contributed by atoms with van der Waals surface area (Å²) < 4.78 is 10.7. The lowest BCUT2D eigenvalue weighted by molar-refractivity contribution is -0.136. The van der Waals surface area contributed by atoms with Gasteiger partial charge in [0.1, 0.15) is 17.9 Å². The Bertz CT molecular complexity index is 1240. The van der Waals surface area contributed by atoms with Crippen molar-refractivity contribution in [2.24, 2.45) is 0 Å². The lowest BCUT2D eigenvalue weighted by Crippen LogP contribution is -2.29. The van der Waals surface area contributed by atoms with E-state index in [0.29, 0.717) is 23.2 Å². The molecule has 5 rings (SSSR count). The predicted molar refractivity (Wildman–Crippen MR) is 126 cm³/mol. The predicted octanol–water partition coefficient (Wildman–Crippen LogP) is 5.85. The molecule has 1 fully saturated rings. The Kier molecular flexibility index (Phi) is 6.25. The van der Waals surface area contributed by atoms with Crippen LogP contribution in [0.2, 0.25) is 0 Å². The molecule has 1 N–H and O–H groups in total. The molecule has 2 aromatic carbocycles. The quantitative estimate of drug-likeness (QED) is 0.354. The molecule has 0 unspecified atom stereocenters. The fourth-order valence-electron chi connectivity index (χ4n) is 4.99. The van der Waals surface area contributed by atoms with E-state index in [1.54, 1.807) is 6.07 Å². The number of benzene rings is 2. The molecular weight excluding hydrogens is 430 g/mol. The van der Waals surface area contributed by atoms with Crippen molar-refractivity contribution < 1.29 is 18.9 Å². The van der Waals surface area contributed by atoms with Gasteiger partial charge in [0.25, 0.3) is 0 Å². The molecular formula is C27H27N3O4. The van der Waals surface area contributed by atoms with E-state index in [4.69, 9.17) is 14.2 Å². The molecule has 34 heavy (non-hydrogen) atoms. The Labute approximate surface area is 197 Å². The monoisotopic (exact) mass is 457 g/mol. The minimum atomic E-state index is -0.955. The molecule has 0 amide bonds. The molecule has 2 heterocycles. The van der Waals surface area contributed by atoms with Gasteiger partial charge in [0.15, 0.2) is 0 Å². The molecule has 1 aliphatic rings. The van der Waals surface area contributed by atoms with Crippen LogP contribution in [0, 0.1) is 0 Å². The van der Waals surface area contributed by atoms with Gasteiger partial charge in [-0.25, -0.2) is 0 Å². The summed E-state index contributed by atoms with van der Waals surface area (Å²) in [5.74, 6) is 0.588. The van der Waals surface area contributed by atoms with Crippen LogP contribution in [0.25, 0.3) is 22.6 Å². The normalized spacial score (nSPS) is 15.3. The third kappa shape index (κ3) is 4.78. The zero-order valence-electron chi connectivity index (χ0n) is 18.9. The van der Waals surface area contributed by atoms with Crippen LogP contribution in [0.4, 0.5) is 0 Å². The summed E-state index contributed by atoms with van der Waals surface area (Å²) >= 11 is 0. The van der Waals surface area contributed by atoms with Crippen LogP contribution in [0.1, 0.15) is 55.7 Å². The Morgan fingerprint density at radius 3 is 2.38 bits per heavy atom. The average Bonchev–Trinajstić information content (AvgIpc) is 3.54. The molecule has 0 spiro atoms. The highest BCUT2D eigenvalue weighted by molar-refractivity contribution is 5.70. The summed E-state index contributed by atoms with van der Waals surface area (Å²) in [5.41, 5.74) is 3.88. The zero-order valence-corrected chi connectivity index (χ0v) is 18.9. The molecule has 2 aromatic heterocycles. The molecule has 174 valence electrons. The van der Waals surface area contributed by atoms with Crippen LogP contribution in [-0.4, -0.2) is 26.4 Å². The smallest absolute Gasteiger partial charge is 0.311 e. The lowest BCUT2D eigenvalue weighted by Gasteiger charge is -2.38. The van der Waals surface area contributed by atoms with E-state index in [2.05, 4.69) is 45.6 Å². The second kappa shape index (κ2) is 9.63. The first kappa shape index (κ1) is 22.1. The first-order valence-corrected chi connectivity index (χ1v) is 11.8. The van der Waals surface area contributed by atoms with Crippen molar-refractivity contribution in [3.05, 3.63) is 77.9 Å². The molecule has 0 aliphatic heterocycles. The van der Waals surface area contributed by atoms with Crippen molar-refractivity contribution in [3.63, 3.8) is 0 Å². The molecule has 0 radical (unpaired) electrons. The minimum Gasteiger partial charge on any atom is -0.481 e. The molecule has 0 saturated heterocycles. The van der Waals surface area contributed by atoms with E-state index in [0.717, 1.165) is 24.0 Å². The molecule has 7 heteroatoms. The zero-order chi connectivity index (χ0) is 23.4. The number of carbonyl (C=O) groups is 1. The number of nitrogens with zero attached hydrogens (tertiary/aromatic N) is 3. The van der Waals surface area contributed by atoms with Gasteiger partial charge in [-0.2, -0.15) is 4.98 Å². The average molecular weight is 458 g/mol. The highest BCUT2D eigenvalue weighted by Gasteiger charge is 2.34. The number of hydrogen-bond donors (Lipinski definition) is 1. The van der Waals surface area contributed by atoms with Crippen LogP contribution in [0.15, 0.2) is 69.7 Å². The molecule has 0 bridgehead atoms. The first-order valence-electron chi connectivity index (χ1n) is 11.8. The number of aromatic nitrogens is 3. The number of rotatable bonds is 8. The molecule has 1 aliphatic carbocycles. The van der Waals surface area contributed by atoms with Gasteiger partial charge in [-0.3, -0.25) is 4.79 Å². The number of hydrogen-bond acceptors (Lipinski definition) is 6. The van der Waals surface area contributed by atoms with Crippen molar-refractivity contribution >= 4 is 5.97 Å². The molecule has 7 nitrogen and oxygen atoms in total. The summed E-state index contributed by atoms with van der Waals surface area (Å²) in [4.78, 5) is 15.5. The van der Waals surface area contributed by atoms with E-state index >= 15 is 0 Å². The Hall–Kier alpha value is -3.74. The topological polar surface area (TPSA) is 102 Å². The van der Waals surface area contributed by atoms with Gasteiger partial charge in [0.05, 0.1) is 0 Å². The second-order valence-electron chi connectivity index (χ2n) is 9.05. The summed E-state index contributed by atoms with van der Waals surface area (Å²) in [6.45, 7) is 0. The van der Waals surface area contributed by atoms with Crippen LogP contribution in [0.5, 0.6) is 0 Å². The van der Waals surface area contributed by atoms with Crippen molar-refractivity contribution in [2.75, 3.05) is 0 Å². The highest BCUT2D eigenvalue weighted by Crippen LogP contribution is 2.42. The van der Waals surface area contributed by atoms with Crippen molar-refractivity contribution in [2.45, 2.75) is 56.8 Å². The van der Waals surface area contributed by atoms with Crippen molar-refractivity contribution in [1.29, 1.82) is 0 Å². The van der Waals surface area contributed by atoms with Crippen molar-refractivity contribution in [1.82, 2.24) is 15.3 Å². The largest absolute Gasteiger partial charge is 0.481 e. The Morgan fingerprint density at radius 2 is 1.65 bits per heavy atom. The number of aryl methyl sites for hydroxylation is 1. The van der Waals surface area contributed by atoms with Gasteiger partial charge in [-0.05, 0) is 30.2 Å². The molecule has 4 aromatic rings. The van der Waals surface area contributed by atoms with Gasteiger partial charge in [-0.15, -0.1) is 0 Å². The Balaban J connectivity index is 1.27. The van der Waals surface area contributed by atoms with Crippen LogP contribution in [-0.2, 0) is 23.1 Å². The molecule has 1 saturated carbocycles. The minimum absolute atomic E-state index is 0.187. The van der Waals surface area contributed by atoms with E-state index in [-0.39, 0.29) is 11.8 Å². The van der Waals surface area contributed by atoms with E-state index in [9.17, 15) is 4.79 Å². The van der Waals surface area contributed by atoms with Crippen LogP contribution in [0.3, 0.4) is 0 Å². The highest BCUT2D eigenvalue weighted by atomic mass is 16.5. The van der Waals surface area contributed by atoms with E-state index < -0.39 is 5.97 Å². The SMILES string of the molecule is O=C(O)Cc1cc(-c2ccc(-c3noc(CCC4(c5ccccc5)CCCCC4)n3)cc2)no1. The third-order valence-corrected chi connectivity index (χ3v) is 6.81. The van der Waals surface area contributed by atoms with Gasteiger partial charge in [-0.1, -0.05) is 84.2 Å². The maximum absolute atomic E-state index is 10.8. The van der Waals surface area contributed by atoms with Gasteiger partial charge >= 0.3 is 5.97 Å². The fraction of sp³-hybridized carbons (Fsp3) is 0.333. The summed E-state index contributed by atoms with van der Waals surface area (Å²) in [6, 6.07) is 20.1. The maximum atomic E-state index is 10.8. The number of carboxylic acid groups (broad SMARTS) is 1. The number of carboxylic acids is 1. The number of aliphatic carboxylic acids is 1. The Morgan fingerprint density at radius 1 is 0.912 bits per heavy atom. The van der Waals surface area contributed by atoms with Gasteiger partial charge in [0.2, 0.25) is 11.7 Å². The standard InChI is InChI=1S/C27H27N3O4/c31-25(32)18-22-17-23(29-33-22)19-9-11-20(12-10-19)26-28-24(34-30-26)13-16-27(14-5-2-6-15-27)21-7-3-1-4-8-21/h1,3-4,7-12,17H,2,5-6,13-16,18H2,(H,31,32). The lowest BCUT2D eigenvalue weighted by atomic mass is 9.67. The summed E-state index contributed by atoms with van der Waals surface area (Å²) in [7, 11) is 0. The van der Waals surface area contributed by atoms with E-state index in [1.165, 1.54) is 37.7 Å². The third-order valence-electron chi connectivity index (χ3n) is 6.81. The van der Waals surface area contributed by atoms with Crippen LogP contribution < -0.4 is 0 Å². The second-order valence-corrected chi connectivity index (χ2v) is 9.05. The summed E-state index contributed by atoms with van der Waals surface area (Å²) in [5, 5.41) is 17.0. The van der Waals surface area contributed by atoms with Gasteiger partial charge in [0, 0.05) is 23.6 Å². The van der Waals surface area contributed by atoms with Crippen molar-refractivity contribution in [3.8, 4) is 22.6 Å². The first-order chi connectivity index (χ1) is 16.6.